The van der Waals surface area contributed by atoms with Crippen LogP contribution < -0.4 is 10.6 Å². The van der Waals surface area contributed by atoms with Gasteiger partial charge in [-0.2, -0.15) is 5.10 Å². The van der Waals surface area contributed by atoms with Crippen LogP contribution in [0.5, 0.6) is 0 Å². The quantitative estimate of drug-likeness (QED) is 0.533. The Balaban J connectivity index is 1.50. The number of nitrogens with one attached hydrogen (secondary N) is 2. The summed E-state index contributed by atoms with van der Waals surface area (Å²) in [6.07, 6.45) is 2.38. The third-order valence-electron chi connectivity index (χ3n) is 6.22. The van der Waals surface area contributed by atoms with Gasteiger partial charge in [0.25, 0.3) is 0 Å². The van der Waals surface area contributed by atoms with Crippen molar-refractivity contribution >= 4 is 51.8 Å². The Morgan fingerprint density at radius 1 is 1.21 bits per heavy atom. The molecule has 33 heavy (non-hydrogen) atoms. The Labute approximate surface area is 201 Å². The van der Waals surface area contributed by atoms with Gasteiger partial charge < -0.3 is 5.32 Å². The molecule has 1 aliphatic rings. The Bertz CT molecular complexity index is 1260. The number of aryl methyl sites for hydroxylation is 1. The number of carbonyl (C=O) groups excluding carboxylic acids is 3. The predicted molar refractivity (Wildman–Crippen MR) is 127 cm³/mol. The predicted octanol–water partition coefficient (Wildman–Crippen LogP) is 3.99. The van der Waals surface area contributed by atoms with Crippen molar-refractivity contribution < 1.29 is 14.4 Å². The van der Waals surface area contributed by atoms with Crippen molar-refractivity contribution in [2.24, 2.45) is 7.05 Å². The molecule has 4 rings (SSSR count). The van der Waals surface area contributed by atoms with Crippen molar-refractivity contribution in [2.75, 3.05) is 0 Å². The molecule has 1 aromatic heterocycles. The first kappa shape index (κ1) is 23.3. The van der Waals surface area contributed by atoms with E-state index in [1.54, 1.807) is 23.0 Å². The molecule has 1 fully saturated rings. The fraction of sp³-hybridized carbons (Fsp3) is 0.333. The summed E-state index contributed by atoms with van der Waals surface area (Å²) < 4.78 is 1.78. The van der Waals surface area contributed by atoms with E-state index in [4.69, 9.17) is 23.2 Å². The summed E-state index contributed by atoms with van der Waals surface area (Å²) in [4.78, 5) is 36.7. The highest BCUT2D eigenvalue weighted by atomic mass is 35.5. The van der Waals surface area contributed by atoms with E-state index in [0.29, 0.717) is 27.6 Å². The Hall–Kier alpha value is -2.90. The number of piperidine rings is 1. The lowest BCUT2D eigenvalue weighted by Gasteiger charge is -2.25. The molecule has 0 bridgehead atoms. The van der Waals surface area contributed by atoms with Crippen LogP contribution in [-0.2, 0) is 33.4 Å². The summed E-state index contributed by atoms with van der Waals surface area (Å²) in [5.41, 5.74) is 2.27. The molecule has 9 heteroatoms. The number of aromatic nitrogens is 2. The molecule has 0 radical (unpaired) electrons. The standard InChI is InChI=1S/C24H24Cl2N4O3/c1-24(2,15-5-4-14-12-28-30(3)19(14)10-15)23(33)27-11-13-8-17(25)21(18(26)9-13)16-6-7-20(31)29-22(16)32/h4-5,8-10,12,16H,6-7,11H2,1-3H3,(H,27,33)(H,29,31,32). The molecule has 2 N–H and O–H groups in total. The van der Waals surface area contributed by atoms with Gasteiger partial charge in [-0.05, 0) is 49.6 Å². The van der Waals surface area contributed by atoms with Gasteiger partial charge in [0, 0.05) is 41.0 Å². The Morgan fingerprint density at radius 3 is 2.58 bits per heavy atom. The van der Waals surface area contributed by atoms with Gasteiger partial charge >= 0.3 is 0 Å². The maximum Gasteiger partial charge on any atom is 0.234 e. The molecular weight excluding hydrogens is 463 g/mol. The van der Waals surface area contributed by atoms with Crippen molar-refractivity contribution in [3.63, 3.8) is 0 Å². The molecule has 7 nitrogen and oxygen atoms in total. The van der Waals surface area contributed by atoms with Gasteiger partial charge in [0.15, 0.2) is 0 Å². The molecule has 1 aliphatic heterocycles. The van der Waals surface area contributed by atoms with Crippen LogP contribution in [0, 0.1) is 0 Å². The fourth-order valence-electron chi connectivity index (χ4n) is 4.11. The fourth-order valence-corrected chi connectivity index (χ4v) is 4.90. The van der Waals surface area contributed by atoms with E-state index in [0.717, 1.165) is 16.5 Å². The highest BCUT2D eigenvalue weighted by Crippen LogP contribution is 2.37. The zero-order valence-electron chi connectivity index (χ0n) is 18.5. The summed E-state index contributed by atoms with van der Waals surface area (Å²) in [6.45, 7) is 3.96. The summed E-state index contributed by atoms with van der Waals surface area (Å²) in [5.74, 6) is -1.42. The van der Waals surface area contributed by atoms with Crippen LogP contribution in [0.4, 0.5) is 0 Å². The summed E-state index contributed by atoms with van der Waals surface area (Å²) >= 11 is 12.9. The van der Waals surface area contributed by atoms with E-state index < -0.39 is 17.2 Å². The lowest BCUT2D eigenvalue weighted by atomic mass is 9.83. The third-order valence-corrected chi connectivity index (χ3v) is 6.84. The normalized spacial score (nSPS) is 16.7. The van der Waals surface area contributed by atoms with Gasteiger partial charge in [0.1, 0.15) is 0 Å². The van der Waals surface area contributed by atoms with Gasteiger partial charge in [0.2, 0.25) is 17.7 Å². The van der Waals surface area contributed by atoms with Gasteiger partial charge in [-0.15, -0.1) is 0 Å². The third kappa shape index (κ3) is 4.48. The van der Waals surface area contributed by atoms with E-state index >= 15 is 0 Å². The van der Waals surface area contributed by atoms with Crippen LogP contribution in [0.1, 0.15) is 49.3 Å². The molecule has 3 aromatic rings. The van der Waals surface area contributed by atoms with Crippen LogP contribution in [-0.4, -0.2) is 27.5 Å². The number of benzene rings is 2. The molecule has 2 aromatic carbocycles. The topological polar surface area (TPSA) is 93.1 Å². The highest BCUT2D eigenvalue weighted by Gasteiger charge is 2.32. The number of hydrogen-bond donors (Lipinski definition) is 2. The van der Waals surface area contributed by atoms with Crippen molar-refractivity contribution in [3.05, 3.63) is 63.3 Å². The monoisotopic (exact) mass is 486 g/mol. The molecule has 0 aliphatic carbocycles. The lowest BCUT2D eigenvalue weighted by molar-refractivity contribution is -0.134. The zero-order valence-corrected chi connectivity index (χ0v) is 20.0. The van der Waals surface area contributed by atoms with Crippen LogP contribution >= 0.6 is 23.2 Å². The zero-order chi connectivity index (χ0) is 23.9. The molecule has 172 valence electrons. The first-order valence-corrected chi connectivity index (χ1v) is 11.4. The second-order valence-electron chi connectivity index (χ2n) is 8.83. The number of imide groups is 1. The number of amides is 3. The molecule has 0 saturated carbocycles. The number of fused-ring (bicyclic) bond motifs is 1. The van der Waals surface area contributed by atoms with E-state index in [1.807, 2.05) is 39.1 Å². The van der Waals surface area contributed by atoms with Gasteiger partial charge in [-0.3, -0.25) is 24.4 Å². The average Bonchev–Trinajstić information content (AvgIpc) is 3.13. The first-order chi connectivity index (χ1) is 15.6. The van der Waals surface area contributed by atoms with Crippen molar-refractivity contribution in [1.29, 1.82) is 0 Å². The second-order valence-corrected chi connectivity index (χ2v) is 9.64. The van der Waals surface area contributed by atoms with Crippen LogP contribution in [0.15, 0.2) is 36.5 Å². The maximum atomic E-state index is 13.1. The SMILES string of the molecule is Cn1ncc2ccc(C(C)(C)C(=O)NCc3cc(Cl)c(C4CCC(=O)NC4=O)c(Cl)c3)cc21. The van der Waals surface area contributed by atoms with Gasteiger partial charge in [0.05, 0.1) is 23.0 Å². The number of nitrogens with zero attached hydrogens (tertiary/aromatic N) is 2. The van der Waals surface area contributed by atoms with Crippen molar-refractivity contribution in [3.8, 4) is 0 Å². The summed E-state index contributed by atoms with van der Waals surface area (Å²) in [7, 11) is 1.87. The molecule has 0 spiro atoms. The first-order valence-electron chi connectivity index (χ1n) is 10.6. The van der Waals surface area contributed by atoms with E-state index in [-0.39, 0.29) is 24.8 Å². The molecule has 1 saturated heterocycles. The molecule has 2 heterocycles. The van der Waals surface area contributed by atoms with Crippen LogP contribution in [0.25, 0.3) is 10.9 Å². The van der Waals surface area contributed by atoms with Crippen molar-refractivity contribution in [1.82, 2.24) is 20.4 Å². The van der Waals surface area contributed by atoms with Gasteiger partial charge in [-0.25, -0.2) is 0 Å². The Morgan fingerprint density at radius 2 is 1.91 bits per heavy atom. The summed E-state index contributed by atoms with van der Waals surface area (Å²) in [6, 6.07) is 9.26. The molecule has 3 amide bonds. The molecular formula is C24H24Cl2N4O3. The minimum Gasteiger partial charge on any atom is -0.351 e. The van der Waals surface area contributed by atoms with E-state index in [1.165, 1.54) is 0 Å². The lowest BCUT2D eigenvalue weighted by Crippen LogP contribution is -2.40. The van der Waals surface area contributed by atoms with Crippen LogP contribution in [0.3, 0.4) is 0 Å². The van der Waals surface area contributed by atoms with Crippen molar-refractivity contribution in [2.45, 2.75) is 44.6 Å². The Kier molecular flexibility index (Phi) is 6.20. The largest absolute Gasteiger partial charge is 0.351 e. The van der Waals surface area contributed by atoms with Gasteiger partial charge in [-0.1, -0.05) is 35.3 Å². The summed E-state index contributed by atoms with van der Waals surface area (Å²) in [5, 5.41) is 11.2. The minimum absolute atomic E-state index is 0.148. The minimum atomic E-state index is -0.779. The highest BCUT2D eigenvalue weighted by molar-refractivity contribution is 6.36. The number of rotatable bonds is 5. The number of hydrogen-bond acceptors (Lipinski definition) is 4. The van der Waals surface area contributed by atoms with E-state index in [2.05, 4.69) is 15.7 Å². The number of carbonyl (C=O) groups is 3. The average molecular weight is 487 g/mol. The smallest absolute Gasteiger partial charge is 0.234 e. The second kappa shape index (κ2) is 8.80. The molecule has 1 unspecified atom stereocenters. The number of halogens is 2. The van der Waals surface area contributed by atoms with Crippen LogP contribution in [0.2, 0.25) is 10.0 Å². The van der Waals surface area contributed by atoms with E-state index in [9.17, 15) is 14.4 Å². The maximum absolute atomic E-state index is 13.1. The molecule has 1 atom stereocenters.